The van der Waals surface area contributed by atoms with Gasteiger partial charge >= 0.3 is 29.6 Å². The summed E-state index contributed by atoms with van der Waals surface area (Å²) in [5.41, 5.74) is 10.8. The van der Waals surface area contributed by atoms with E-state index in [0.29, 0.717) is 24.1 Å². The molecule has 3 aromatic heterocycles. The van der Waals surface area contributed by atoms with Gasteiger partial charge < -0.3 is 24.8 Å². The quantitative estimate of drug-likeness (QED) is 0.185. The van der Waals surface area contributed by atoms with E-state index in [1.165, 1.54) is 0 Å². The molecule has 0 fully saturated rings. The predicted octanol–water partition coefficient (Wildman–Crippen LogP) is -0.675. The first kappa shape index (κ1) is 26.6. The summed E-state index contributed by atoms with van der Waals surface area (Å²) in [4.78, 5) is 40.2. The van der Waals surface area contributed by atoms with Crippen molar-refractivity contribution in [1.82, 2.24) is 9.38 Å². The average molecular weight is 500 g/mol. The maximum atomic E-state index is 12.9. The van der Waals surface area contributed by atoms with Crippen LogP contribution in [0.4, 0.5) is 0 Å². The molecule has 4 aromatic rings. The molecule has 174 valence electrons. The number of amides is 1. The van der Waals surface area contributed by atoms with Crippen molar-refractivity contribution in [2.24, 2.45) is 5.73 Å². The van der Waals surface area contributed by atoms with E-state index >= 15 is 0 Å². The summed E-state index contributed by atoms with van der Waals surface area (Å²) in [6.07, 6.45) is 2.62. The molecule has 2 N–H and O–H groups in total. The van der Waals surface area contributed by atoms with Gasteiger partial charge in [0.05, 0.1) is 17.2 Å². The van der Waals surface area contributed by atoms with E-state index < -0.39 is 24.3 Å². The second-order valence-electron chi connectivity index (χ2n) is 7.76. The van der Waals surface area contributed by atoms with E-state index in [9.17, 15) is 19.5 Å². The molecule has 10 heteroatoms. The van der Waals surface area contributed by atoms with Gasteiger partial charge in [0.15, 0.2) is 0 Å². The zero-order valence-corrected chi connectivity index (χ0v) is 22.5. The number of carbonyl (C=O) groups excluding carboxylic acids is 3. The largest absolute Gasteiger partial charge is 1.00 e. The van der Waals surface area contributed by atoms with Crippen LogP contribution < -0.4 is 45.1 Å². The molecule has 0 aliphatic carbocycles. The number of aromatic nitrogens is 2. The van der Waals surface area contributed by atoms with Gasteiger partial charge in [-0.1, -0.05) is 31.2 Å². The number of ether oxygens (including phenoxy) is 1. The summed E-state index contributed by atoms with van der Waals surface area (Å²) in [6, 6.07) is 10.0. The van der Waals surface area contributed by atoms with Gasteiger partial charge in [-0.05, 0) is 52.4 Å². The van der Waals surface area contributed by atoms with Crippen LogP contribution in [0.5, 0.6) is 5.88 Å². The Morgan fingerprint density at radius 1 is 1.20 bits per heavy atom. The summed E-state index contributed by atoms with van der Waals surface area (Å²) >= 11 is 1.60. The van der Waals surface area contributed by atoms with Crippen molar-refractivity contribution in [2.75, 3.05) is 6.61 Å². The van der Waals surface area contributed by atoms with Crippen LogP contribution in [0.3, 0.4) is 0 Å². The predicted molar refractivity (Wildman–Crippen MR) is 126 cm³/mol. The smallest absolute Gasteiger partial charge is 0.546 e. The Hall–Kier alpha value is -2.98. The SMILES string of the molecule is CCc1c(C(=O)C(N)=O)c2c(OCC(=O)[O-])nc(C)cn2c1Cc1ccccc1-c1ccsc1.[Na+]. The number of carboxylic acids is 1. The van der Waals surface area contributed by atoms with Crippen LogP contribution >= 0.6 is 11.3 Å². The first-order chi connectivity index (χ1) is 16.3. The molecule has 0 aliphatic heterocycles. The van der Waals surface area contributed by atoms with Gasteiger partial charge in [-0.15, -0.1) is 0 Å². The molecule has 8 nitrogen and oxygen atoms in total. The molecular weight excluding hydrogens is 477 g/mol. The van der Waals surface area contributed by atoms with Gasteiger partial charge in [0, 0.05) is 18.3 Å². The number of hydrogen-bond donors (Lipinski definition) is 1. The third-order valence-electron chi connectivity index (χ3n) is 5.55. The Bertz CT molecular complexity index is 1410. The maximum absolute atomic E-state index is 12.9. The molecular formula is C25H22N3NaO5S. The van der Waals surface area contributed by atoms with Crippen molar-refractivity contribution in [2.45, 2.75) is 26.7 Å². The third kappa shape index (κ3) is 5.33. The van der Waals surface area contributed by atoms with Gasteiger partial charge in [0.1, 0.15) is 12.1 Å². The summed E-state index contributed by atoms with van der Waals surface area (Å²) in [7, 11) is 0. The molecule has 0 aliphatic rings. The standard InChI is InChI=1S/C25H23N3O5S.Na/c1-3-17-19(10-15-6-4-5-7-18(15)16-8-9-34-13-16)28-11-14(2)27-25(33-12-20(29)30)22(28)21(17)23(31)24(26)32;/h4-9,11,13H,3,10,12H2,1-2H3,(H2,26,32)(H,29,30);/q;+1/p-1. The molecule has 4 rings (SSSR count). The van der Waals surface area contributed by atoms with Crippen LogP contribution in [0.25, 0.3) is 16.6 Å². The molecule has 1 aromatic carbocycles. The van der Waals surface area contributed by atoms with Gasteiger partial charge in [0.2, 0.25) is 5.88 Å². The number of aliphatic carboxylic acids is 1. The number of carboxylic acid groups (broad SMARTS) is 1. The first-order valence-corrected chi connectivity index (χ1v) is 11.6. The number of thiophene rings is 1. The zero-order chi connectivity index (χ0) is 24.4. The second-order valence-corrected chi connectivity index (χ2v) is 8.54. The van der Waals surface area contributed by atoms with Gasteiger partial charge in [-0.25, -0.2) is 4.98 Å². The molecule has 35 heavy (non-hydrogen) atoms. The minimum absolute atomic E-state index is 0. The minimum atomic E-state index is -1.43. The van der Waals surface area contributed by atoms with E-state index in [1.54, 1.807) is 28.9 Å². The number of primary amides is 1. The number of aryl methyl sites for hydroxylation is 1. The summed E-state index contributed by atoms with van der Waals surface area (Å²) < 4.78 is 7.14. The molecule has 3 heterocycles. The Morgan fingerprint density at radius 2 is 1.94 bits per heavy atom. The maximum Gasteiger partial charge on any atom is 1.00 e. The van der Waals surface area contributed by atoms with E-state index in [2.05, 4.69) is 10.4 Å². The number of benzene rings is 1. The van der Waals surface area contributed by atoms with Gasteiger partial charge in [-0.3, -0.25) is 9.59 Å². The number of Topliss-reactive ketones (excluding diaryl/α,β-unsaturated/α-hetero) is 1. The Morgan fingerprint density at radius 3 is 2.57 bits per heavy atom. The van der Waals surface area contributed by atoms with Gasteiger partial charge in [0.25, 0.3) is 11.7 Å². The van der Waals surface area contributed by atoms with Crippen LogP contribution in [-0.4, -0.2) is 33.7 Å². The average Bonchev–Trinajstić information content (AvgIpc) is 3.44. The van der Waals surface area contributed by atoms with Crippen molar-refractivity contribution in [3.8, 4) is 17.0 Å². The van der Waals surface area contributed by atoms with Crippen LogP contribution in [0.2, 0.25) is 0 Å². The van der Waals surface area contributed by atoms with Crippen molar-refractivity contribution >= 4 is 34.5 Å². The van der Waals surface area contributed by atoms with E-state index in [0.717, 1.165) is 22.4 Å². The van der Waals surface area contributed by atoms with Crippen LogP contribution in [-0.2, 0) is 22.4 Å². The van der Waals surface area contributed by atoms with Crippen molar-refractivity contribution < 1.29 is 53.8 Å². The van der Waals surface area contributed by atoms with Crippen LogP contribution in [0.15, 0.2) is 47.3 Å². The minimum Gasteiger partial charge on any atom is -0.546 e. The summed E-state index contributed by atoms with van der Waals surface area (Å²) in [6.45, 7) is 2.86. The molecule has 0 saturated carbocycles. The normalized spacial score (nSPS) is 10.7. The van der Waals surface area contributed by atoms with Crippen LogP contribution in [0.1, 0.15) is 39.8 Å². The second kappa shape index (κ2) is 11.2. The number of nitrogens with zero attached hydrogens (tertiary/aromatic N) is 2. The van der Waals surface area contributed by atoms with Crippen LogP contribution in [0, 0.1) is 6.92 Å². The third-order valence-corrected chi connectivity index (χ3v) is 6.24. The topological polar surface area (TPSA) is 127 Å². The Labute approximate surface area is 228 Å². The first-order valence-electron chi connectivity index (χ1n) is 10.6. The molecule has 1 amide bonds. The number of rotatable bonds is 9. The summed E-state index contributed by atoms with van der Waals surface area (Å²) in [5, 5.41) is 15.1. The Kier molecular flexibility index (Phi) is 8.50. The molecule has 0 bridgehead atoms. The van der Waals surface area contributed by atoms with E-state index in [-0.39, 0.29) is 46.5 Å². The fourth-order valence-corrected chi connectivity index (χ4v) is 4.85. The number of nitrogens with two attached hydrogens (primary N) is 1. The molecule has 0 atom stereocenters. The fourth-order valence-electron chi connectivity index (χ4n) is 4.19. The Balaban J connectivity index is 0.00000342. The molecule has 0 spiro atoms. The summed E-state index contributed by atoms with van der Waals surface area (Å²) in [5.74, 6) is -3.49. The molecule has 0 radical (unpaired) electrons. The molecule has 0 unspecified atom stereocenters. The number of carbonyl (C=O) groups is 3. The van der Waals surface area contributed by atoms with E-state index in [4.69, 9.17) is 10.5 Å². The number of hydrogen-bond acceptors (Lipinski definition) is 7. The van der Waals surface area contributed by atoms with Crippen molar-refractivity contribution in [1.29, 1.82) is 0 Å². The fraction of sp³-hybridized carbons (Fsp3) is 0.200. The van der Waals surface area contributed by atoms with E-state index in [1.807, 2.05) is 42.6 Å². The van der Waals surface area contributed by atoms with Crippen molar-refractivity contribution in [3.63, 3.8) is 0 Å². The molecule has 0 saturated heterocycles. The number of fused-ring (bicyclic) bond motifs is 1. The van der Waals surface area contributed by atoms with Gasteiger partial charge in [-0.2, -0.15) is 11.3 Å². The zero-order valence-electron chi connectivity index (χ0n) is 19.7. The van der Waals surface area contributed by atoms with Crippen molar-refractivity contribution in [3.05, 3.63) is 75.4 Å². The monoisotopic (exact) mass is 499 g/mol. The number of ketones is 1.